The van der Waals surface area contributed by atoms with Gasteiger partial charge in [0.25, 0.3) is 0 Å². The van der Waals surface area contributed by atoms with Gasteiger partial charge in [-0.15, -0.1) is 0 Å². The van der Waals surface area contributed by atoms with Crippen LogP contribution in [0.25, 0.3) is 12.2 Å². The highest BCUT2D eigenvalue weighted by molar-refractivity contribution is 7.74. The Labute approximate surface area is 254 Å². The van der Waals surface area contributed by atoms with E-state index < -0.39 is 14.5 Å². The number of rotatable bonds is 19. The molecule has 0 aliphatic rings. The maximum absolute atomic E-state index is 12.4. The Morgan fingerprint density at radius 1 is 0.619 bits per heavy atom. The number of ketones is 2. The molecule has 0 aliphatic heterocycles. The number of ether oxygens (including phenoxy) is 4. The monoisotopic (exact) mass is 616 g/mol. The molecule has 0 saturated carbocycles. The molecule has 42 heavy (non-hydrogen) atoms. The molecule has 0 radical (unpaired) electrons. The van der Waals surface area contributed by atoms with Crippen molar-refractivity contribution in [2.75, 3.05) is 79.7 Å². The number of hydrogen-bond donors (Lipinski definition) is 0. The summed E-state index contributed by atoms with van der Waals surface area (Å²) in [4.78, 5) is 24.9. The van der Waals surface area contributed by atoms with Gasteiger partial charge in [0.15, 0.2) is 34.6 Å². The molecule has 8 heteroatoms. The predicted molar refractivity (Wildman–Crippen MR) is 183 cm³/mol. The quantitative estimate of drug-likeness (QED) is 0.0697. The molecule has 0 aromatic heterocycles. The molecule has 0 saturated heterocycles. The fraction of sp³-hybridized carbons (Fsp3) is 0.471. The molecule has 0 atom stereocenters. The number of carbonyl (C=O) groups is 2. The Hall–Kier alpha value is -2.68. The molecule has 0 fully saturated rings. The third-order valence-electron chi connectivity index (χ3n) is 6.36. The van der Waals surface area contributed by atoms with Crippen LogP contribution in [0.1, 0.15) is 36.8 Å². The lowest BCUT2D eigenvalue weighted by atomic mass is 10.1. The van der Waals surface area contributed by atoms with Gasteiger partial charge in [0, 0.05) is 60.9 Å². The van der Waals surface area contributed by atoms with E-state index >= 15 is 0 Å². The minimum Gasteiger partial charge on any atom is -0.493 e. The van der Waals surface area contributed by atoms with Gasteiger partial charge in [-0.2, -0.15) is 0 Å². The Morgan fingerprint density at radius 3 is 1.48 bits per heavy atom. The number of hydrogen-bond acceptors (Lipinski definition) is 6. The minimum atomic E-state index is -0.817. The van der Waals surface area contributed by atoms with Gasteiger partial charge in [-0.3, -0.25) is 9.59 Å². The molecule has 0 spiro atoms. The topological polar surface area (TPSA) is 71.1 Å². The van der Waals surface area contributed by atoms with Crippen LogP contribution < -0.4 is 18.9 Å². The lowest BCUT2D eigenvalue weighted by Gasteiger charge is -2.14. The van der Waals surface area contributed by atoms with Crippen molar-refractivity contribution in [1.82, 2.24) is 0 Å². The number of allylic oxidation sites excluding steroid dienone is 2. The van der Waals surface area contributed by atoms with Crippen molar-refractivity contribution in [1.29, 1.82) is 0 Å². The molecule has 0 amide bonds. The number of benzene rings is 2. The van der Waals surface area contributed by atoms with Gasteiger partial charge in [-0.25, -0.2) is 0 Å². The fourth-order valence-electron chi connectivity index (χ4n) is 4.07. The van der Waals surface area contributed by atoms with E-state index in [1.807, 2.05) is 36.4 Å². The molecule has 2 rings (SSSR count). The SMILES string of the molecule is COc1cc(/C=C/C(=O)CC(=O)/C=C/c2ccc(OCCC[P+](C)(C)C)c(OC)c2)ccc1OCCCC[P+](C)(C)C. The zero-order valence-corrected chi connectivity index (χ0v) is 28.6. The third kappa shape index (κ3) is 14.5. The third-order valence-corrected chi connectivity index (χ3v) is 9.67. The van der Waals surface area contributed by atoms with Crippen LogP contribution in [0.3, 0.4) is 0 Å². The predicted octanol–water partition coefficient (Wildman–Crippen LogP) is 7.70. The van der Waals surface area contributed by atoms with Crippen molar-refractivity contribution in [3.05, 3.63) is 59.7 Å². The van der Waals surface area contributed by atoms with Crippen LogP contribution in [0.15, 0.2) is 48.6 Å². The van der Waals surface area contributed by atoms with Crippen LogP contribution in [0.2, 0.25) is 0 Å². The molecular weight excluding hydrogens is 566 g/mol. The van der Waals surface area contributed by atoms with Crippen LogP contribution in [-0.4, -0.2) is 91.3 Å². The van der Waals surface area contributed by atoms with E-state index in [0.29, 0.717) is 36.2 Å². The molecule has 0 aliphatic carbocycles. The average Bonchev–Trinajstić information content (AvgIpc) is 2.92. The summed E-state index contributed by atoms with van der Waals surface area (Å²) in [6, 6.07) is 11.1. The van der Waals surface area contributed by atoms with Crippen LogP contribution in [0, 0.1) is 0 Å². The molecular formula is C34H50O6P2+2. The van der Waals surface area contributed by atoms with Crippen LogP contribution in [-0.2, 0) is 9.59 Å². The van der Waals surface area contributed by atoms with Crippen molar-refractivity contribution in [2.45, 2.75) is 25.7 Å². The zero-order valence-electron chi connectivity index (χ0n) is 26.8. The molecule has 0 N–H and O–H groups in total. The van der Waals surface area contributed by atoms with Gasteiger partial charge in [-0.05, 0) is 60.4 Å². The van der Waals surface area contributed by atoms with Crippen molar-refractivity contribution in [3.8, 4) is 23.0 Å². The average molecular weight is 617 g/mol. The summed E-state index contributed by atoms with van der Waals surface area (Å²) >= 11 is 0. The zero-order chi connectivity index (χ0) is 31.2. The molecule has 230 valence electrons. The van der Waals surface area contributed by atoms with Gasteiger partial charge in [0.05, 0.1) is 46.2 Å². The summed E-state index contributed by atoms with van der Waals surface area (Å²) in [5, 5.41) is 0. The van der Waals surface area contributed by atoms with Crippen molar-refractivity contribution in [2.24, 2.45) is 0 Å². The highest BCUT2D eigenvalue weighted by Crippen LogP contribution is 2.47. The Balaban J connectivity index is 1.87. The molecule has 0 bridgehead atoms. The summed E-state index contributed by atoms with van der Waals surface area (Å²) in [6.45, 7) is 15.3. The Kier molecular flexibility index (Phi) is 14.7. The van der Waals surface area contributed by atoms with Gasteiger partial charge in [0.1, 0.15) is 0 Å². The van der Waals surface area contributed by atoms with E-state index in [0.717, 1.165) is 30.4 Å². The number of methoxy groups -OCH3 is 2. The maximum Gasteiger partial charge on any atom is 0.163 e. The molecule has 2 aromatic rings. The van der Waals surface area contributed by atoms with Crippen molar-refractivity contribution < 1.29 is 28.5 Å². The highest BCUT2D eigenvalue weighted by atomic mass is 31.2. The first-order valence-corrected chi connectivity index (χ1v) is 21.1. The van der Waals surface area contributed by atoms with E-state index in [1.165, 1.54) is 24.5 Å². The van der Waals surface area contributed by atoms with E-state index in [2.05, 4.69) is 40.0 Å². The summed E-state index contributed by atoms with van der Waals surface area (Å²) in [6.07, 6.45) is 11.6. The standard InChI is InChI=1S/C34H50O6P2/c1-37-33-24-27(14-18-31(33)39-20-9-10-22-41(3,4)5)12-16-29(35)26-30(36)17-13-28-15-19-32(34(25-28)38-2)40-21-11-23-42(6,7)8/h12-19,24-25H,9-11,20-23,26H2,1-8H3/q+2/b16-12+,17-13+. The molecule has 0 unspecified atom stereocenters. The van der Waals surface area contributed by atoms with Gasteiger partial charge < -0.3 is 18.9 Å². The van der Waals surface area contributed by atoms with Crippen LogP contribution in [0.5, 0.6) is 23.0 Å². The lowest BCUT2D eigenvalue weighted by molar-refractivity contribution is -0.121. The van der Waals surface area contributed by atoms with Crippen molar-refractivity contribution >= 4 is 38.2 Å². The second-order valence-corrected chi connectivity index (χ2v) is 22.4. The largest absolute Gasteiger partial charge is 0.493 e. The molecule has 0 heterocycles. The second kappa shape index (κ2) is 17.4. The van der Waals surface area contributed by atoms with E-state index in [9.17, 15) is 9.59 Å². The van der Waals surface area contributed by atoms with Crippen LogP contribution >= 0.6 is 14.5 Å². The summed E-state index contributed by atoms with van der Waals surface area (Å²) < 4.78 is 22.8. The minimum absolute atomic E-state index is 0.211. The molecule has 6 nitrogen and oxygen atoms in total. The fourth-order valence-corrected chi connectivity index (χ4v) is 6.32. The smallest absolute Gasteiger partial charge is 0.163 e. The second-order valence-electron chi connectivity index (χ2n) is 12.4. The number of carbonyl (C=O) groups excluding carboxylic acids is 2. The van der Waals surface area contributed by atoms with Gasteiger partial charge in [-0.1, -0.05) is 24.3 Å². The van der Waals surface area contributed by atoms with Gasteiger partial charge in [0.2, 0.25) is 0 Å². The van der Waals surface area contributed by atoms with E-state index in [1.54, 1.807) is 26.4 Å². The Bertz CT molecular complexity index is 1220. The van der Waals surface area contributed by atoms with Crippen LogP contribution in [0.4, 0.5) is 0 Å². The normalized spacial score (nSPS) is 12.1. The lowest BCUT2D eigenvalue weighted by Crippen LogP contribution is -2.04. The summed E-state index contributed by atoms with van der Waals surface area (Å²) in [7, 11) is 1.62. The highest BCUT2D eigenvalue weighted by Gasteiger charge is 2.17. The van der Waals surface area contributed by atoms with E-state index in [4.69, 9.17) is 18.9 Å². The first kappa shape index (κ1) is 35.5. The van der Waals surface area contributed by atoms with Gasteiger partial charge >= 0.3 is 0 Å². The first-order chi connectivity index (χ1) is 19.8. The number of unbranched alkanes of at least 4 members (excludes halogenated alkanes) is 1. The summed E-state index contributed by atoms with van der Waals surface area (Å²) in [5.74, 6) is 2.05. The van der Waals surface area contributed by atoms with E-state index in [-0.39, 0.29) is 18.0 Å². The summed E-state index contributed by atoms with van der Waals surface area (Å²) in [5.41, 5.74) is 1.59. The first-order valence-electron chi connectivity index (χ1n) is 14.4. The Morgan fingerprint density at radius 2 is 1.05 bits per heavy atom. The molecule has 2 aromatic carbocycles. The van der Waals surface area contributed by atoms with Crippen molar-refractivity contribution in [3.63, 3.8) is 0 Å². The maximum atomic E-state index is 12.4.